The van der Waals surface area contributed by atoms with Crippen LogP contribution in [-0.2, 0) is 11.2 Å². The number of hydrogen-bond acceptors (Lipinski definition) is 2. The monoisotopic (exact) mass is 176 g/mol. The molecule has 1 rings (SSSR count). The van der Waals surface area contributed by atoms with E-state index in [2.05, 4.69) is 0 Å². The normalized spacial score (nSPS) is 9.69. The molecule has 0 saturated carbocycles. The average Bonchev–Trinajstić information content (AvgIpc) is 2.07. The second-order valence-electron chi connectivity index (χ2n) is 3.19. The molecule has 1 aromatic carbocycles. The highest BCUT2D eigenvalue weighted by Crippen LogP contribution is 2.09. The van der Waals surface area contributed by atoms with Gasteiger partial charge in [-0.25, -0.2) is 0 Å². The summed E-state index contributed by atoms with van der Waals surface area (Å²) in [7, 11) is 0. The first-order valence-corrected chi connectivity index (χ1v) is 4.17. The minimum atomic E-state index is 0.112. The Kier molecular flexibility index (Phi) is 2.96. The zero-order chi connectivity index (χ0) is 9.84. The van der Waals surface area contributed by atoms with E-state index in [4.69, 9.17) is 0 Å². The largest absolute Gasteiger partial charge is 0.300 e. The Morgan fingerprint density at radius 1 is 1.46 bits per heavy atom. The zero-order valence-corrected chi connectivity index (χ0v) is 7.83. The Balaban J connectivity index is 2.99. The van der Waals surface area contributed by atoms with Gasteiger partial charge in [0.15, 0.2) is 0 Å². The molecule has 0 N–H and O–H groups in total. The Labute approximate surface area is 77.6 Å². The SMILES string of the molecule is CC(=O)Cc1ccc(C)c(C=O)c1. The summed E-state index contributed by atoms with van der Waals surface area (Å²) in [6.07, 6.45) is 1.22. The van der Waals surface area contributed by atoms with E-state index in [1.807, 2.05) is 19.1 Å². The van der Waals surface area contributed by atoms with Crippen LogP contribution >= 0.6 is 0 Å². The molecular weight excluding hydrogens is 164 g/mol. The molecule has 0 fully saturated rings. The molecule has 1 aromatic rings. The summed E-state index contributed by atoms with van der Waals surface area (Å²) in [6.45, 7) is 3.42. The number of carbonyl (C=O) groups excluding carboxylic acids is 2. The van der Waals surface area contributed by atoms with Gasteiger partial charge >= 0.3 is 0 Å². The van der Waals surface area contributed by atoms with Crippen molar-refractivity contribution in [3.05, 3.63) is 34.9 Å². The first-order valence-electron chi connectivity index (χ1n) is 4.17. The van der Waals surface area contributed by atoms with Crippen molar-refractivity contribution >= 4 is 12.1 Å². The van der Waals surface area contributed by atoms with E-state index < -0.39 is 0 Å². The molecule has 0 saturated heterocycles. The van der Waals surface area contributed by atoms with Crippen LogP contribution in [0.1, 0.15) is 28.4 Å². The summed E-state index contributed by atoms with van der Waals surface area (Å²) in [4.78, 5) is 21.4. The molecule has 68 valence electrons. The van der Waals surface area contributed by atoms with E-state index in [0.717, 1.165) is 17.4 Å². The van der Waals surface area contributed by atoms with Gasteiger partial charge in [0.2, 0.25) is 0 Å². The van der Waals surface area contributed by atoms with Gasteiger partial charge in [-0.2, -0.15) is 0 Å². The summed E-state index contributed by atoms with van der Waals surface area (Å²) in [5.41, 5.74) is 2.52. The number of aryl methyl sites for hydroxylation is 1. The number of hydrogen-bond donors (Lipinski definition) is 0. The van der Waals surface area contributed by atoms with Gasteiger partial charge in [0.1, 0.15) is 12.1 Å². The average molecular weight is 176 g/mol. The molecule has 0 aliphatic heterocycles. The molecule has 0 spiro atoms. The molecule has 2 heteroatoms. The van der Waals surface area contributed by atoms with Crippen LogP contribution in [0.25, 0.3) is 0 Å². The Hall–Kier alpha value is -1.44. The predicted octanol–water partition coefficient (Wildman–Crippen LogP) is 1.94. The molecule has 0 unspecified atom stereocenters. The third kappa shape index (κ3) is 2.51. The van der Waals surface area contributed by atoms with Crippen molar-refractivity contribution < 1.29 is 9.59 Å². The number of carbonyl (C=O) groups is 2. The standard InChI is InChI=1S/C11H12O2/c1-8-3-4-10(5-9(2)13)6-11(8)7-12/h3-4,6-7H,5H2,1-2H3. The summed E-state index contributed by atoms with van der Waals surface area (Å²) >= 11 is 0. The van der Waals surface area contributed by atoms with Crippen molar-refractivity contribution in [3.63, 3.8) is 0 Å². The van der Waals surface area contributed by atoms with E-state index in [0.29, 0.717) is 12.0 Å². The molecule has 0 amide bonds. The second-order valence-corrected chi connectivity index (χ2v) is 3.19. The molecule has 0 radical (unpaired) electrons. The van der Waals surface area contributed by atoms with Gasteiger partial charge in [-0.05, 0) is 31.0 Å². The summed E-state index contributed by atoms with van der Waals surface area (Å²) in [6, 6.07) is 5.51. The molecule has 0 aromatic heterocycles. The quantitative estimate of drug-likeness (QED) is 0.659. The maximum absolute atomic E-state index is 10.8. The lowest BCUT2D eigenvalue weighted by Crippen LogP contribution is -1.98. The van der Waals surface area contributed by atoms with Crippen molar-refractivity contribution in [2.45, 2.75) is 20.3 Å². The number of Topliss-reactive ketones (excluding diaryl/α,β-unsaturated/α-hetero) is 1. The summed E-state index contributed by atoms with van der Waals surface area (Å²) < 4.78 is 0. The highest BCUT2D eigenvalue weighted by atomic mass is 16.1. The van der Waals surface area contributed by atoms with Crippen LogP contribution in [-0.4, -0.2) is 12.1 Å². The van der Waals surface area contributed by atoms with E-state index in [1.165, 1.54) is 0 Å². The van der Waals surface area contributed by atoms with Gasteiger partial charge in [0.05, 0.1) is 0 Å². The van der Waals surface area contributed by atoms with E-state index in [1.54, 1.807) is 13.0 Å². The number of benzene rings is 1. The fourth-order valence-electron chi connectivity index (χ4n) is 1.21. The third-order valence-corrected chi connectivity index (χ3v) is 1.92. The van der Waals surface area contributed by atoms with Crippen LogP contribution in [0.2, 0.25) is 0 Å². The van der Waals surface area contributed by atoms with Crippen LogP contribution < -0.4 is 0 Å². The molecule has 0 atom stereocenters. The van der Waals surface area contributed by atoms with Crippen molar-refractivity contribution in [2.75, 3.05) is 0 Å². The molecule has 0 heterocycles. The molecule has 0 bridgehead atoms. The maximum atomic E-state index is 10.8. The van der Waals surface area contributed by atoms with Gasteiger partial charge < -0.3 is 0 Å². The zero-order valence-electron chi connectivity index (χ0n) is 7.83. The van der Waals surface area contributed by atoms with Crippen LogP contribution in [0.4, 0.5) is 0 Å². The highest BCUT2D eigenvalue weighted by molar-refractivity contribution is 5.81. The number of rotatable bonds is 3. The van der Waals surface area contributed by atoms with Crippen molar-refractivity contribution in [3.8, 4) is 0 Å². The van der Waals surface area contributed by atoms with Crippen LogP contribution in [0.3, 0.4) is 0 Å². The van der Waals surface area contributed by atoms with Crippen LogP contribution in [0, 0.1) is 6.92 Å². The second kappa shape index (κ2) is 3.99. The highest BCUT2D eigenvalue weighted by Gasteiger charge is 2.01. The summed E-state index contributed by atoms with van der Waals surface area (Å²) in [5, 5.41) is 0. The Bertz CT molecular complexity index is 340. The lowest BCUT2D eigenvalue weighted by atomic mass is 10.0. The lowest BCUT2D eigenvalue weighted by molar-refractivity contribution is -0.116. The van der Waals surface area contributed by atoms with Gasteiger partial charge in [-0.1, -0.05) is 12.1 Å². The molecule has 2 nitrogen and oxygen atoms in total. The van der Waals surface area contributed by atoms with Crippen LogP contribution in [0.5, 0.6) is 0 Å². The first kappa shape index (κ1) is 9.65. The van der Waals surface area contributed by atoms with E-state index in [-0.39, 0.29) is 5.78 Å². The molecule has 0 aliphatic carbocycles. The number of aldehydes is 1. The number of ketones is 1. The fourth-order valence-corrected chi connectivity index (χ4v) is 1.21. The topological polar surface area (TPSA) is 34.1 Å². The van der Waals surface area contributed by atoms with Gasteiger partial charge in [0, 0.05) is 12.0 Å². The molecule has 0 aliphatic rings. The first-order chi connectivity index (χ1) is 6.13. The van der Waals surface area contributed by atoms with Gasteiger partial charge in [-0.15, -0.1) is 0 Å². The minimum absolute atomic E-state index is 0.112. The van der Waals surface area contributed by atoms with E-state index >= 15 is 0 Å². The maximum Gasteiger partial charge on any atom is 0.150 e. The minimum Gasteiger partial charge on any atom is -0.300 e. The van der Waals surface area contributed by atoms with E-state index in [9.17, 15) is 9.59 Å². The van der Waals surface area contributed by atoms with Gasteiger partial charge in [0.25, 0.3) is 0 Å². The predicted molar refractivity (Wildman–Crippen MR) is 51.0 cm³/mol. The molecule has 13 heavy (non-hydrogen) atoms. The summed E-state index contributed by atoms with van der Waals surface area (Å²) in [5.74, 6) is 0.112. The van der Waals surface area contributed by atoms with Crippen molar-refractivity contribution in [1.29, 1.82) is 0 Å². The Morgan fingerprint density at radius 2 is 2.15 bits per heavy atom. The van der Waals surface area contributed by atoms with Crippen molar-refractivity contribution in [2.24, 2.45) is 0 Å². The van der Waals surface area contributed by atoms with Crippen molar-refractivity contribution in [1.82, 2.24) is 0 Å². The van der Waals surface area contributed by atoms with Crippen LogP contribution in [0.15, 0.2) is 18.2 Å². The Morgan fingerprint density at radius 3 is 2.69 bits per heavy atom. The smallest absolute Gasteiger partial charge is 0.150 e. The third-order valence-electron chi connectivity index (χ3n) is 1.92. The van der Waals surface area contributed by atoms with Gasteiger partial charge in [-0.3, -0.25) is 9.59 Å². The lowest BCUT2D eigenvalue weighted by Gasteiger charge is -2.01. The molecular formula is C11H12O2. The fraction of sp³-hybridized carbons (Fsp3) is 0.273.